The second-order valence-corrected chi connectivity index (χ2v) is 22.7. The smallest absolute Gasteiger partial charge is 0.268 e. The largest absolute Gasteiger partial charge is 0.510 e. The summed E-state index contributed by atoms with van der Waals surface area (Å²) < 4.78 is 13.5. The maximum absolute atomic E-state index is 6.75. The Hall–Kier alpha value is -6.55. The minimum atomic E-state index is -0.180. The van der Waals surface area contributed by atoms with E-state index in [1.54, 1.807) is 0 Å². The fraction of sp³-hybridized carbons (Fsp3) is 0.250. The Labute approximate surface area is 427 Å². The molecule has 4 heterocycles. The van der Waals surface area contributed by atoms with Crippen molar-refractivity contribution in [3.63, 3.8) is 0 Å². The molecule has 0 fully saturated rings. The summed E-state index contributed by atoms with van der Waals surface area (Å²) in [4.78, 5) is 4.89. The molecule has 10 aromatic rings. The standard InChI is InChI=1S/C64H58N4O.Pt/c1-61(2,3)40-30-33-65-58(34-40)68-55-26-14-13-22-46(55)47-29-28-43(36-57(47)68)69-42-19-15-18-41(35-42)66-39-67-59-49(23-16-25-52(59)62(4,5)6)51-38-54-53(63(7,8)31-32-64(54,9)10)37-50(51)45-21-12-11-20-44(45)48-24-17-27-56(66)60(48)67;/h11-30,33-34,37-38H,31-32H2,1-10H3;/q-2;. The van der Waals surface area contributed by atoms with Gasteiger partial charge in [-0.2, -0.15) is 18.2 Å². The first-order valence-corrected chi connectivity index (χ1v) is 24.5. The van der Waals surface area contributed by atoms with Gasteiger partial charge in [0, 0.05) is 44.3 Å². The topological polar surface area (TPSA) is 35.9 Å². The Morgan fingerprint density at radius 3 is 1.91 bits per heavy atom. The van der Waals surface area contributed by atoms with Crippen LogP contribution in [0.2, 0.25) is 0 Å². The van der Waals surface area contributed by atoms with Gasteiger partial charge in [-0.1, -0.05) is 160 Å². The number of nitrogens with zero attached hydrogens (tertiary/aromatic N) is 4. The van der Waals surface area contributed by atoms with Crippen LogP contribution < -0.4 is 9.30 Å². The number of para-hydroxylation sites is 3. The molecule has 0 bridgehead atoms. The predicted molar refractivity (Wildman–Crippen MR) is 283 cm³/mol. The van der Waals surface area contributed by atoms with Gasteiger partial charge in [0.2, 0.25) is 0 Å². The van der Waals surface area contributed by atoms with Crippen LogP contribution in [0, 0.1) is 18.5 Å². The Morgan fingerprint density at radius 2 is 1.19 bits per heavy atom. The summed E-state index contributed by atoms with van der Waals surface area (Å²) >= 11 is 0. The molecular formula is C64H58N4OPt-2. The molecule has 0 atom stereocenters. The molecule has 0 saturated carbocycles. The normalized spacial score (nSPS) is 14.7. The predicted octanol–water partition coefficient (Wildman–Crippen LogP) is 15.8. The third-order valence-electron chi connectivity index (χ3n) is 15.1. The summed E-state index contributed by atoms with van der Waals surface area (Å²) in [5.41, 5.74) is 18.7. The van der Waals surface area contributed by atoms with Crippen LogP contribution in [0.3, 0.4) is 0 Å². The maximum atomic E-state index is 6.75. The summed E-state index contributed by atoms with van der Waals surface area (Å²) in [6.45, 7) is 23.4. The number of benzene rings is 7. The second kappa shape index (κ2) is 16.3. The van der Waals surface area contributed by atoms with Gasteiger partial charge in [0.1, 0.15) is 5.82 Å². The zero-order chi connectivity index (χ0) is 47.8. The Balaban J connectivity index is 0.00000533. The minimum absolute atomic E-state index is 0. The van der Waals surface area contributed by atoms with Crippen LogP contribution in [0.5, 0.6) is 11.5 Å². The molecule has 70 heavy (non-hydrogen) atoms. The molecule has 7 aromatic carbocycles. The Bertz CT molecular complexity index is 3740. The zero-order valence-corrected chi connectivity index (χ0v) is 44.1. The van der Waals surface area contributed by atoms with Crippen molar-refractivity contribution in [1.29, 1.82) is 0 Å². The molecule has 0 amide bonds. The second-order valence-electron chi connectivity index (χ2n) is 22.7. The molecule has 0 spiro atoms. The molecule has 5 nitrogen and oxygen atoms in total. The molecule has 0 saturated heterocycles. The van der Waals surface area contributed by atoms with E-state index >= 15 is 0 Å². The van der Waals surface area contributed by atoms with E-state index in [9.17, 15) is 0 Å². The third kappa shape index (κ3) is 7.29. The van der Waals surface area contributed by atoms with Crippen molar-refractivity contribution in [3.8, 4) is 62.1 Å². The van der Waals surface area contributed by atoms with E-state index in [1.807, 2.05) is 24.4 Å². The molecule has 1 aliphatic carbocycles. The molecule has 2 aliphatic rings. The van der Waals surface area contributed by atoms with Crippen molar-refractivity contribution in [3.05, 3.63) is 186 Å². The van der Waals surface area contributed by atoms with Gasteiger partial charge >= 0.3 is 0 Å². The zero-order valence-electron chi connectivity index (χ0n) is 41.8. The van der Waals surface area contributed by atoms with Gasteiger partial charge in [-0.25, -0.2) is 4.98 Å². The summed E-state index contributed by atoms with van der Waals surface area (Å²) in [6.07, 6.45) is 8.18. The van der Waals surface area contributed by atoms with Gasteiger partial charge in [-0.3, -0.25) is 4.57 Å². The Morgan fingerprint density at radius 1 is 0.571 bits per heavy atom. The van der Waals surface area contributed by atoms with Crippen molar-refractivity contribution < 1.29 is 30.4 Å². The molecule has 0 radical (unpaired) electrons. The summed E-state index contributed by atoms with van der Waals surface area (Å²) in [5, 5.41) is 2.23. The van der Waals surface area contributed by atoms with Gasteiger partial charge in [-0.15, -0.1) is 29.7 Å². The average molecular weight is 1090 g/mol. The van der Waals surface area contributed by atoms with Gasteiger partial charge in [0.05, 0.1) is 16.7 Å². The first-order valence-electron chi connectivity index (χ1n) is 24.5. The molecule has 1 aliphatic heterocycles. The first-order chi connectivity index (χ1) is 33.0. The average Bonchev–Trinajstić information content (AvgIpc) is 3.89. The monoisotopic (exact) mass is 1090 g/mol. The van der Waals surface area contributed by atoms with Crippen LogP contribution in [0.1, 0.15) is 104 Å². The van der Waals surface area contributed by atoms with Crippen LogP contribution >= 0.6 is 0 Å². The number of ether oxygens (including phenoxy) is 1. The number of fused-ring (bicyclic) bond motifs is 11. The number of aromatic nitrogens is 4. The van der Waals surface area contributed by atoms with E-state index in [4.69, 9.17) is 9.72 Å². The van der Waals surface area contributed by atoms with Crippen LogP contribution in [0.15, 0.2) is 146 Å². The third-order valence-corrected chi connectivity index (χ3v) is 15.1. The number of imidazole rings is 1. The minimum Gasteiger partial charge on any atom is -0.510 e. The fourth-order valence-corrected chi connectivity index (χ4v) is 11.3. The molecular weight excluding hydrogens is 1040 g/mol. The molecule has 0 N–H and O–H groups in total. The molecule has 3 aromatic heterocycles. The summed E-state index contributed by atoms with van der Waals surface area (Å²) in [6, 6.07) is 58.1. The van der Waals surface area contributed by atoms with E-state index in [2.05, 4.69) is 223 Å². The number of hydrogen-bond donors (Lipinski definition) is 0. The van der Waals surface area contributed by atoms with E-state index in [-0.39, 0.29) is 42.7 Å². The van der Waals surface area contributed by atoms with Crippen molar-refractivity contribution in [2.45, 2.75) is 104 Å². The molecule has 352 valence electrons. The quantitative estimate of drug-likeness (QED) is 0.130. The fourth-order valence-electron chi connectivity index (χ4n) is 11.3. The molecule has 0 unspecified atom stereocenters. The van der Waals surface area contributed by atoms with Crippen molar-refractivity contribution in [2.75, 3.05) is 0 Å². The van der Waals surface area contributed by atoms with Gasteiger partial charge in [0.15, 0.2) is 0 Å². The summed E-state index contributed by atoms with van der Waals surface area (Å²) in [5.74, 6) is 2.04. The van der Waals surface area contributed by atoms with E-state index in [0.29, 0.717) is 11.5 Å². The van der Waals surface area contributed by atoms with Crippen molar-refractivity contribution in [1.82, 2.24) is 14.1 Å². The Kier molecular flexibility index (Phi) is 10.6. The van der Waals surface area contributed by atoms with Gasteiger partial charge < -0.3 is 13.9 Å². The molecule has 6 heteroatoms. The van der Waals surface area contributed by atoms with Crippen LogP contribution in [0.4, 0.5) is 0 Å². The van der Waals surface area contributed by atoms with Gasteiger partial charge in [0.25, 0.3) is 6.33 Å². The van der Waals surface area contributed by atoms with Crippen molar-refractivity contribution in [2.24, 2.45) is 0 Å². The van der Waals surface area contributed by atoms with Crippen molar-refractivity contribution >= 4 is 32.8 Å². The van der Waals surface area contributed by atoms with Crippen LogP contribution in [-0.4, -0.2) is 14.1 Å². The van der Waals surface area contributed by atoms with Gasteiger partial charge in [-0.05, 0) is 125 Å². The molecule has 12 rings (SSSR count). The number of hydrogen-bond acceptors (Lipinski definition) is 2. The van der Waals surface area contributed by atoms with E-state index < -0.39 is 0 Å². The van der Waals surface area contributed by atoms with Crippen LogP contribution in [0.25, 0.3) is 83.4 Å². The SMILES string of the molecule is CC(C)(C)c1ccnc(-n2c3[c-]c(Oc4[c-]c(-n5[c-][n+]6c7c(cccc75)-c5ccccc5-c5cc7c(cc5-c5cccc(C(C)(C)C)c5-6)C(C)(C)CCC7(C)C)ccc4)ccc3c3ccccc32)c1.[Pt]. The van der Waals surface area contributed by atoms with E-state index in [1.165, 1.54) is 50.1 Å². The summed E-state index contributed by atoms with van der Waals surface area (Å²) in [7, 11) is 0. The number of pyridine rings is 1. The van der Waals surface area contributed by atoms with E-state index in [0.717, 1.165) is 68.4 Å². The maximum Gasteiger partial charge on any atom is 0.268 e. The van der Waals surface area contributed by atoms with Crippen LogP contribution in [-0.2, 0) is 42.7 Å². The number of rotatable bonds is 4. The first kappa shape index (κ1) is 45.9.